The molecule has 3 rings (SSSR count). The summed E-state index contributed by atoms with van der Waals surface area (Å²) in [5.74, 6) is 0.207. The van der Waals surface area contributed by atoms with Crippen LogP contribution >= 0.6 is 0 Å². The molecule has 0 saturated heterocycles. The van der Waals surface area contributed by atoms with Gasteiger partial charge in [-0.1, -0.05) is 12.8 Å². The minimum atomic E-state index is -0.0625. The average molecular weight is 218 g/mol. The summed E-state index contributed by atoms with van der Waals surface area (Å²) < 4.78 is 1.79. The van der Waals surface area contributed by atoms with E-state index in [0.717, 1.165) is 23.9 Å². The molecule has 1 aromatic carbocycles. The molecule has 0 bridgehead atoms. The lowest BCUT2D eigenvalue weighted by Crippen LogP contribution is -2.20. The minimum Gasteiger partial charge on any atom is -0.508 e. The normalized spacial score (nSPS) is 17.2. The lowest BCUT2D eigenvalue weighted by molar-refractivity contribution is 0.474. The van der Waals surface area contributed by atoms with E-state index in [0.29, 0.717) is 6.04 Å². The zero-order valence-corrected chi connectivity index (χ0v) is 8.94. The van der Waals surface area contributed by atoms with Crippen molar-refractivity contribution in [3.05, 3.63) is 28.7 Å². The Bertz CT molecular complexity index is 576. The van der Waals surface area contributed by atoms with Crippen molar-refractivity contribution < 1.29 is 5.11 Å². The van der Waals surface area contributed by atoms with E-state index in [1.165, 1.54) is 12.8 Å². The number of phenols is 1. The van der Waals surface area contributed by atoms with Gasteiger partial charge in [-0.15, -0.1) is 0 Å². The first kappa shape index (κ1) is 9.51. The summed E-state index contributed by atoms with van der Waals surface area (Å²) in [6, 6.07) is 5.29. The molecule has 1 aromatic heterocycles. The highest BCUT2D eigenvalue weighted by Gasteiger charge is 2.21. The number of rotatable bonds is 1. The molecule has 84 valence electrons. The molecular formula is C12H14N2O2. The van der Waals surface area contributed by atoms with E-state index in [4.69, 9.17) is 0 Å². The van der Waals surface area contributed by atoms with Crippen LogP contribution in [0, 0.1) is 0 Å². The highest BCUT2D eigenvalue weighted by atomic mass is 16.3. The lowest BCUT2D eigenvalue weighted by atomic mass is 10.2. The summed E-state index contributed by atoms with van der Waals surface area (Å²) in [6.07, 6.45) is 4.48. The van der Waals surface area contributed by atoms with Crippen LogP contribution in [0.15, 0.2) is 23.0 Å². The lowest BCUT2D eigenvalue weighted by Gasteiger charge is -2.10. The van der Waals surface area contributed by atoms with Gasteiger partial charge in [-0.25, -0.2) is 4.79 Å². The van der Waals surface area contributed by atoms with E-state index in [2.05, 4.69) is 4.98 Å². The molecule has 2 N–H and O–H groups in total. The molecule has 0 unspecified atom stereocenters. The van der Waals surface area contributed by atoms with Gasteiger partial charge in [0.15, 0.2) is 0 Å². The number of hydrogen-bond acceptors (Lipinski definition) is 2. The largest absolute Gasteiger partial charge is 0.508 e. The summed E-state index contributed by atoms with van der Waals surface area (Å²) in [7, 11) is 0. The third-order valence-corrected chi connectivity index (χ3v) is 3.39. The molecule has 1 heterocycles. The molecule has 1 fully saturated rings. The molecule has 0 aliphatic heterocycles. The van der Waals surface area contributed by atoms with E-state index in [1.54, 1.807) is 22.8 Å². The van der Waals surface area contributed by atoms with E-state index in [1.807, 2.05) is 0 Å². The second-order valence-electron chi connectivity index (χ2n) is 4.44. The van der Waals surface area contributed by atoms with Gasteiger partial charge < -0.3 is 10.1 Å². The van der Waals surface area contributed by atoms with Crippen molar-refractivity contribution >= 4 is 11.0 Å². The second kappa shape index (κ2) is 3.40. The van der Waals surface area contributed by atoms with Crippen molar-refractivity contribution in [3.8, 4) is 5.75 Å². The smallest absolute Gasteiger partial charge is 0.326 e. The Hall–Kier alpha value is -1.71. The molecule has 1 saturated carbocycles. The fourth-order valence-corrected chi connectivity index (χ4v) is 2.63. The van der Waals surface area contributed by atoms with Crippen LogP contribution < -0.4 is 5.69 Å². The molecule has 16 heavy (non-hydrogen) atoms. The Balaban J connectivity index is 2.25. The zero-order chi connectivity index (χ0) is 11.1. The van der Waals surface area contributed by atoms with Crippen LogP contribution in [-0.4, -0.2) is 14.7 Å². The highest BCUT2D eigenvalue weighted by molar-refractivity contribution is 5.77. The second-order valence-corrected chi connectivity index (χ2v) is 4.44. The SMILES string of the molecule is O=c1[nH]c2ccc(O)cc2n1C1CCCC1. The summed E-state index contributed by atoms with van der Waals surface area (Å²) in [4.78, 5) is 14.7. The fraction of sp³-hybridized carbons (Fsp3) is 0.417. The molecule has 0 spiro atoms. The van der Waals surface area contributed by atoms with Crippen molar-refractivity contribution in [2.24, 2.45) is 0 Å². The Labute approximate surface area is 92.5 Å². The van der Waals surface area contributed by atoms with Crippen LogP contribution in [0.5, 0.6) is 5.75 Å². The van der Waals surface area contributed by atoms with Gasteiger partial charge in [0.2, 0.25) is 0 Å². The highest BCUT2D eigenvalue weighted by Crippen LogP contribution is 2.31. The Morgan fingerprint density at radius 3 is 2.81 bits per heavy atom. The summed E-state index contributed by atoms with van der Waals surface area (Å²) >= 11 is 0. The molecular weight excluding hydrogens is 204 g/mol. The molecule has 0 radical (unpaired) electrons. The summed E-state index contributed by atoms with van der Waals surface area (Å²) in [5, 5.41) is 9.48. The number of H-pyrrole nitrogens is 1. The van der Waals surface area contributed by atoms with Crippen LogP contribution in [0.3, 0.4) is 0 Å². The number of imidazole rings is 1. The maximum Gasteiger partial charge on any atom is 0.326 e. The van der Waals surface area contributed by atoms with Crippen molar-refractivity contribution in [2.45, 2.75) is 31.7 Å². The van der Waals surface area contributed by atoms with Gasteiger partial charge in [-0.2, -0.15) is 0 Å². The number of aromatic hydroxyl groups is 1. The Morgan fingerprint density at radius 1 is 1.31 bits per heavy atom. The number of aromatic amines is 1. The van der Waals surface area contributed by atoms with Crippen molar-refractivity contribution in [2.75, 3.05) is 0 Å². The zero-order valence-electron chi connectivity index (χ0n) is 8.94. The number of phenolic OH excluding ortho intramolecular Hbond substituents is 1. The summed E-state index contributed by atoms with van der Waals surface area (Å²) in [5.41, 5.74) is 1.55. The standard InChI is InChI=1S/C12H14N2O2/c15-9-5-6-10-11(7-9)14(12(16)13-10)8-3-1-2-4-8/h5-8,15H,1-4H2,(H,13,16). The van der Waals surface area contributed by atoms with E-state index < -0.39 is 0 Å². The number of nitrogens with one attached hydrogen (secondary N) is 1. The number of hydrogen-bond donors (Lipinski definition) is 2. The third-order valence-electron chi connectivity index (χ3n) is 3.39. The first-order valence-electron chi connectivity index (χ1n) is 5.69. The molecule has 1 aliphatic rings. The average Bonchev–Trinajstić information content (AvgIpc) is 2.83. The molecule has 1 aliphatic carbocycles. The Morgan fingerprint density at radius 2 is 2.06 bits per heavy atom. The van der Waals surface area contributed by atoms with Crippen molar-refractivity contribution in [1.29, 1.82) is 0 Å². The molecule has 2 aromatic rings. The van der Waals surface area contributed by atoms with E-state index >= 15 is 0 Å². The van der Waals surface area contributed by atoms with Gasteiger partial charge in [0.25, 0.3) is 0 Å². The van der Waals surface area contributed by atoms with E-state index in [9.17, 15) is 9.90 Å². The Kier molecular flexibility index (Phi) is 2.02. The predicted octanol–water partition coefficient (Wildman–Crippen LogP) is 2.15. The van der Waals surface area contributed by atoms with Crippen LogP contribution in [0.25, 0.3) is 11.0 Å². The first-order chi connectivity index (χ1) is 7.75. The number of nitrogens with zero attached hydrogens (tertiary/aromatic N) is 1. The van der Waals surface area contributed by atoms with Gasteiger partial charge in [0.1, 0.15) is 5.75 Å². The molecule has 4 nitrogen and oxygen atoms in total. The van der Waals surface area contributed by atoms with Crippen LogP contribution in [-0.2, 0) is 0 Å². The van der Waals surface area contributed by atoms with Gasteiger partial charge >= 0.3 is 5.69 Å². The number of fused-ring (bicyclic) bond motifs is 1. The van der Waals surface area contributed by atoms with Crippen LogP contribution in [0.4, 0.5) is 0 Å². The maximum atomic E-state index is 11.9. The topological polar surface area (TPSA) is 58.0 Å². The number of benzene rings is 1. The van der Waals surface area contributed by atoms with E-state index in [-0.39, 0.29) is 11.4 Å². The van der Waals surface area contributed by atoms with Gasteiger partial charge in [-0.3, -0.25) is 4.57 Å². The number of aromatic nitrogens is 2. The van der Waals surface area contributed by atoms with Crippen LogP contribution in [0.1, 0.15) is 31.7 Å². The first-order valence-corrected chi connectivity index (χ1v) is 5.69. The van der Waals surface area contributed by atoms with Crippen molar-refractivity contribution in [1.82, 2.24) is 9.55 Å². The third kappa shape index (κ3) is 1.33. The van der Waals surface area contributed by atoms with Crippen molar-refractivity contribution in [3.63, 3.8) is 0 Å². The predicted molar refractivity (Wildman–Crippen MR) is 61.7 cm³/mol. The molecule has 0 atom stereocenters. The monoisotopic (exact) mass is 218 g/mol. The van der Waals surface area contributed by atoms with Gasteiger partial charge in [-0.05, 0) is 25.0 Å². The maximum absolute atomic E-state index is 11.9. The van der Waals surface area contributed by atoms with Crippen LogP contribution in [0.2, 0.25) is 0 Å². The molecule has 0 amide bonds. The quantitative estimate of drug-likeness (QED) is 0.770. The fourth-order valence-electron chi connectivity index (χ4n) is 2.63. The van der Waals surface area contributed by atoms with Gasteiger partial charge in [0, 0.05) is 12.1 Å². The molecule has 4 heteroatoms. The summed E-state index contributed by atoms with van der Waals surface area (Å²) in [6.45, 7) is 0. The van der Waals surface area contributed by atoms with Gasteiger partial charge in [0.05, 0.1) is 11.0 Å². The minimum absolute atomic E-state index is 0.0625.